The predicted molar refractivity (Wildman–Crippen MR) is 122 cm³/mol. The molecule has 1 atom stereocenters. The number of hydrogen-bond donors (Lipinski definition) is 1. The fraction of sp³-hybridized carbons (Fsp3) is 0.240. The van der Waals surface area contributed by atoms with E-state index in [0.717, 1.165) is 23.4 Å². The van der Waals surface area contributed by atoms with Crippen LogP contribution in [0.4, 0.5) is 11.4 Å². The van der Waals surface area contributed by atoms with Crippen LogP contribution in [-0.2, 0) is 22.6 Å². The molecule has 1 aliphatic rings. The first-order chi connectivity index (χ1) is 15.1. The number of pyridine rings is 1. The van der Waals surface area contributed by atoms with Crippen LogP contribution in [0.3, 0.4) is 0 Å². The Hall–Kier alpha value is -3.67. The number of fused-ring (bicyclic) bond motifs is 1. The normalized spacial score (nSPS) is 13.4. The molecule has 0 spiro atoms. The summed E-state index contributed by atoms with van der Waals surface area (Å²) in [6.45, 7) is 3.09. The fourth-order valence-electron chi connectivity index (χ4n) is 3.91. The van der Waals surface area contributed by atoms with Crippen LogP contribution in [0.15, 0.2) is 79.1 Å². The minimum atomic E-state index is -0.602. The molecule has 1 N–H and O–H groups in total. The lowest BCUT2D eigenvalue weighted by Gasteiger charge is -2.26. The van der Waals surface area contributed by atoms with Crippen molar-refractivity contribution in [3.63, 3.8) is 0 Å². The SMILES string of the molecule is CC(NC(=O)CN(Cc1cccnc1)c1ccccc1)C(=O)N1CCc2ccccc21. The summed E-state index contributed by atoms with van der Waals surface area (Å²) in [4.78, 5) is 33.7. The van der Waals surface area contributed by atoms with E-state index in [1.165, 1.54) is 5.56 Å². The molecule has 0 bridgehead atoms. The van der Waals surface area contributed by atoms with Gasteiger partial charge in [-0.15, -0.1) is 0 Å². The Morgan fingerprint density at radius 2 is 1.84 bits per heavy atom. The monoisotopic (exact) mass is 414 g/mol. The van der Waals surface area contributed by atoms with E-state index < -0.39 is 6.04 Å². The highest BCUT2D eigenvalue weighted by Crippen LogP contribution is 2.27. The second-order valence-corrected chi connectivity index (χ2v) is 7.71. The maximum absolute atomic E-state index is 13.0. The lowest BCUT2D eigenvalue weighted by molar-refractivity contribution is -0.126. The van der Waals surface area contributed by atoms with Crippen molar-refractivity contribution in [2.75, 3.05) is 22.9 Å². The summed E-state index contributed by atoms with van der Waals surface area (Å²) >= 11 is 0. The topological polar surface area (TPSA) is 65.5 Å². The van der Waals surface area contributed by atoms with Crippen molar-refractivity contribution in [1.29, 1.82) is 0 Å². The van der Waals surface area contributed by atoms with Gasteiger partial charge in [0.25, 0.3) is 0 Å². The molecule has 0 fully saturated rings. The van der Waals surface area contributed by atoms with Crippen molar-refractivity contribution in [2.45, 2.75) is 25.9 Å². The van der Waals surface area contributed by atoms with Crippen LogP contribution in [0.2, 0.25) is 0 Å². The number of aromatic nitrogens is 1. The third kappa shape index (κ3) is 4.91. The number of para-hydroxylation sites is 2. The van der Waals surface area contributed by atoms with Crippen LogP contribution in [0.1, 0.15) is 18.1 Å². The van der Waals surface area contributed by atoms with Gasteiger partial charge in [0.1, 0.15) is 6.04 Å². The van der Waals surface area contributed by atoms with Crippen molar-refractivity contribution in [1.82, 2.24) is 10.3 Å². The molecule has 1 unspecified atom stereocenters. The van der Waals surface area contributed by atoms with E-state index in [2.05, 4.69) is 10.3 Å². The number of rotatable bonds is 7. The van der Waals surface area contributed by atoms with Crippen molar-refractivity contribution in [2.24, 2.45) is 0 Å². The lowest BCUT2D eigenvalue weighted by atomic mass is 10.2. The molecule has 6 nitrogen and oxygen atoms in total. The van der Waals surface area contributed by atoms with Gasteiger partial charge in [-0.3, -0.25) is 14.6 Å². The molecule has 1 aliphatic heterocycles. The minimum Gasteiger partial charge on any atom is -0.358 e. The van der Waals surface area contributed by atoms with Crippen LogP contribution < -0.4 is 15.1 Å². The molecule has 158 valence electrons. The number of carbonyl (C=O) groups is 2. The van der Waals surface area contributed by atoms with E-state index in [1.54, 1.807) is 24.2 Å². The number of nitrogens with zero attached hydrogens (tertiary/aromatic N) is 3. The highest BCUT2D eigenvalue weighted by atomic mass is 16.2. The van der Waals surface area contributed by atoms with Gasteiger partial charge in [-0.05, 0) is 48.7 Å². The highest BCUT2D eigenvalue weighted by molar-refractivity contribution is 6.00. The van der Waals surface area contributed by atoms with E-state index in [-0.39, 0.29) is 18.4 Å². The number of anilines is 2. The summed E-state index contributed by atoms with van der Waals surface area (Å²) in [6, 6.07) is 21.0. The van der Waals surface area contributed by atoms with E-state index >= 15 is 0 Å². The summed E-state index contributed by atoms with van der Waals surface area (Å²) in [5.41, 5.74) is 4.06. The van der Waals surface area contributed by atoms with Gasteiger partial charge in [0, 0.05) is 36.9 Å². The van der Waals surface area contributed by atoms with Crippen molar-refractivity contribution in [3.8, 4) is 0 Å². The zero-order valence-electron chi connectivity index (χ0n) is 17.6. The molecule has 0 aliphatic carbocycles. The van der Waals surface area contributed by atoms with Gasteiger partial charge in [0.15, 0.2) is 0 Å². The first-order valence-electron chi connectivity index (χ1n) is 10.5. The Kier molecular flexibility index (Phi) is 6.26. The van der Waals surface area contributed by atoms with Gasteiger partial charge in [0.2, 0.25) is 11.8 Å². The first kappa shape index (κ1) is 20.6. The van der Waals surface area contributed by atoms with Gasteiger partial charge in [0.05, 0.1) is 6.54 Å². The zero-order valence-corrected chi connectivity index (χ0v) is 17.6. The van der Waals surface area contributed by atoms with Crippen LogP contribution in [0, 0.1) is 0 Å². The molecule has 4 rings (SSSR count). The van der Waals surface area contributed by atoms with Crippen molar-refractivity contribution >= 4 is 23.2 Å². The van der Waals surface area contributed by atoms with Crippen LogP contribution in [0.25, 0.3) is 0 Å². The van der Waals surface area contributed by atoms with Gasteiger partial charge in [-0.2, -0.15) is 0 Å². The molecule has 1 aromatic heterocycles. The summed E-state index contributed by atoms with van der Waals surface area (Å²) in [5.74, 6) is -0.280. The molecule has 2 amide bonds. The lowest BCUT2D eigenvalue weighted by Crippen LogP contribution is -2.49. The summed E-state index contributed by atoms with van der Waals surface area (Å²) in [6.07, 6.45) is 4.37. The molecular formula is C25H26N4O2. The number of nitrogens with one attached hydrogen (secondary N) is 1. The highest BCUT2D eigenvalue weighted by Gasteiger charge is 2.28. The van der Waals surface area contributed by atoms with E-state index in [1.807, 2.05) is 71.6 Å². The molecule has 31 heavy (non-hydrogen) atoms. The average Bonchev–Trinajstić information content (AvgIpc) is 3.23. The molecule has 0 saturated heterocycles. The maximum Gasteiger partial charge on any atom is 0.249 e. The smallest absolute Gasteiger partial charge is 0.249 e. The number of hydrogen-bond acceptors (Lipinski definition) is 4. The summed E-state index contributed by atoms with van der Waals surface area (Å²) in [7, 11) is 0. The molecule has 6 heteroatoms. The van der Waals surface area contributed by atoms with Crippen LogP contribution in [-0.4, -0.2) is 35.9 Å². The largest absolute Gasteiger partial charge is 0.358 e. The van der Waals surface area contributed by atoms with Crippen molar-refractivity contribution < 1.29 is 9.59 Å². The second-order valence-electron chi connectivity index (χ2n) is 7.71. The van der Waals surface area contributed by atoms with Crippen LogP contribution in [0.5, 0.6) is 0 Å². The number of amides is 2. The fourth-order valence-corrected chi connectivity index (χ4v) is 3.91. The first-order valence-corrected chi connectivity index (χ1v) is 10.5. The maximum atomic E-state index is 13.0. The quantitative estimate of drug-likeness (QED) is 0.645. The molecule has 2 aromatic carbocycles. The molecule has 0 radical (unpaired) electrons. The van der Waals surface area contributed by atoms with Gasteiger partial charge >= 0.3 is 0 Å². The Bertz CT molecular complexity index is 1040. The Labute approximate surface area is 182 Å². The second kappa shape index (κ2) is 9.43. The molecule has 3 aromatic rings. The standard InChI is InChI=1S/C25H26N4O2/c1-19(25(31)29-15-13-21-9-5-6-12-23(21)29)27-24(30)18-28(22-10-3-2-4-11-22)17-20-8-7-14-26-16-20/h2-12,14,16,19H,13,15,17-18H2,1H3,(H,27,30). The van der Waals surface area contributed by atoms with Gasteiger partial charge in [-0.25, -0.2) is 0 Å². The minimum absolute atomic E-state index is 0.0863. The Morgan fingerprint density at radius 1 is 1.06 bits per heavy atom. The average molecular weight is 415 g/mol. The van der Waals surface area contributed by atoms with E-state index in [9.17, 15) is 9.59 Å². The summed E-state index contributed by atoms with van der Waals surface area (Å²) < 4.78 is 0. The van der Waals surface area contributed by atoms with E-state index in [4.69, 9.17) is 0 Å². The number of benzene rings is 2. The van der Waals surface area contributed by atoms with Crippen molar-refractivity contribution in [3.05, 3.63) is 90.3 Å². The van der Waals surface area contributed by atoms with Gasteiger partial charge < -0.3 is 15.1 Å². The molecule has 0 saturated carbocycles. The Balaban J connectivity index is 1.42. The molecular weight excluding hydrogens is 388 g/mol. The van der Waals surface area contributed by atoms with E-state index in [0.29, 0.717) is 13.1 Å². The zero-order chi connectivity index (χ0) is 21.6. The Morgan fingerprint density at radius 3 is 2.61 bits per heavy atom. The van der Waals surface area contributed by atoms with Crippen LogP contribution >= 0.6 is 0 Å². The third-order valence-electron chi connectivity index (χ3n) is 5.45. The third-order valence-corrected chi connectivity index (χ3v) is 5.45. The molecule has 2 heterocycles. The predicted octanol–water partition coefficient (Wildman–Crippen LogP) is 3.18. The van der Waals surface area contributed by atoms with Gasteiger partial charge in [-0.1, -0.05) is 42.5 Å². The summed E-state index contributed by atoms with van der Waals surface area (Å²) in [5, 5.41) is 2.89. The number of carbonyl (C=O) groups excluding carboxylic acids is 2.